The maximum atomic E-state index is 13.1. The van der Waals surface area contributed by atoms with Crippen molar-refractivity contribution in [1.29, 1.82) is 0 Å². The summed E-state index contributed by atoms with van der Waals surface area (Å²) in [6.45, 7) is 3.90. The number of aromatic nitrogens is 4. The van der Waals surface area contributed by atoms with Crippen LogP contribution in [0.25, 0.3) is 17.2 Å². The van der Waals surface area contributed by atoms with E-state index in [2.05, 4.69) is 22.3 Å². The summed E-state index contributed by atoms with van der Waals surface area (Å²) < 4.78 is 3.06. The minimum atomic E-state index is -0.327. The molecule has 2 heterocycles. The Kier molecular flexibility index (Phi) is 5.18. The molecule has 2 aromatic heterocycles. The predicted octanol–water partition coefficient (Wildman–Crippen LogP) is 3.15. The molecule has 4 aromatic rings. The lowest BCUT2D eigenvalue weighted by molar-refractivity contribution is -0.115. The van der Waals surface area contributed by atoms with Gasteiger partial charge in [0.15, 0.2) is 5.82 Å². The lowest BCUT2D eigenvalue weighted by atomic mass is 10.1. The Morgan fingerprint density at radius 1 is 1.07 bits per heavy atom. The zero-order chi connectivity index (χ0) is 21.3. The number of carbonyl (C=O) groups is 1. The number of amides is 1. The minimum Gasteiger partial charge on any atom is -0.326 e. The molecule has 0 spiro atoms. The fourth-order valence-corrected chi connectivity index (χ4v) is 3.39. The third-order valence-corrected chi connectivity index (χ3v) is 5.30. The van der Waals surface area contributed by atoms with E-state index in [1.807, 2.05) is 68.6 Å². The van der Waals surface area contributed by atoms with Gasteiger partial charge in [-0.15, -0.1) is 5.10 Å². The number of hydrogen-bond acceptors (Lipinski definition) is 4. The second kappa shape index (κ2) is 7.94. The van der Waals surface area contributed by atoms with Gasteiger partial charge in [0, 0.05) is 29.6 Å². The van der Waals surface area contributed by atoms with Crippen LogP contribution in [0.4, 0.5) is 5.69 Å². The number of fused-ring (bicyclic) bond motifs is 1. The van der Waals surface area contributed by atoms with Gasteiger partial charge in [0.2, 0.25) is 11.7 Å². The van der Waals surface area contributed by atoms with Crippen molar-refractivity contribution in [3.8, 4) is 11.4 Å². The van der Waals surface area contributed by atoms with Gasteiger partial charge < -0.3 is 9.88 Å². The monoisotopic (exact) mass is 401 g/mol. The first kappa shape index (κ1) is 19.6. The number of nitrogens with zero attached hydrogens (tertiary/aromatic N) is 4. The van der Waals surface area contributed by atoms with E-state index < -0.39 is 0 Å². The smallest absolute Gasteiger partial charge is 0.279 e. The Morgan fingerprint density at radius 3 is 2.43 bits per heavy atom. The maximum Gasteiger partial charge on any atom is 0.279 e. The molecule has 1 N–H and O–H groups in total. The zero-order valence-electron chi connectivity index (χ0n) is 17.2. The Labute approximate surface area is 174 Å². The van der Waals surface area contributed by atoms with Crippen LogP contribution in [0.3, 0.4) is 0 Å². The molecule has 0 aliphatic carbocycles. The second-order valence-electron chi connectivity index (χ2n) is 7.22. The second-order valence-corrected chi connectivity index (χ2v) is 7.22. The third kappa shape index (κ3) is 3.61. The summed E-state index contributed by atoms with van der Waals surface area (Å²) in [5.41, 5.74) is 3.50. The molecule has 0 aliphatic rings. The van der Waals surface area contributed by atoms with Gasteiger partial charge in [-0.2, -0.15) is 9.50 Å². The molecule has 0 bridgehead atoms. The number of nitrogens with one attached hydrogen (secondary N) is 1. The van der Waals surface area contributed by atoms with E-state index in [9.17, 15) is 9.59 Å². The topological polar surface area (TPSA) is 81.3 Å². The molecule has 0 aliphatic heterocycles. The normalized spacial score (nSPS) is 11.0. The summed E-state index contributed by atoms with van der Waals surface area (Å²) in [5, 5.41) is 7.26. The van der Waals surface area contributed by atoms with Crippen molar-refractivity contribution in [3.63, 3.8) is 0 Å². The van der Waals surface area contributed by atoms with Crippen molar-refractivity contribution in [3.05, 3.63) is 81.8 Å². The number of rotatable bonds is 5. The van der Waals surface area contributed by atoms with Gasteiger partial charge in [0.25, 0.3) is 5.56 Å². The highest BCUT2D eigenvalue weighted by atomic mass is 16.2. The Bertz CT molecular complexity index is 1270. The highest BCUT2D eigenvalue weighted by Crippen LogP contribution is 2.16. The largest absolute Gasteiger partial charge is 0.326 e. The van der Waals surface area contributed by atoms with Crippen LogP contribution >= 0.6 is 0 Å². The van der Waals surface area contributed by atoms with E-state index >= 15 is 0 Å². The summed E-state index contributed by atoms with van der Waals surface area (Å²) in [6.07, 6.45) is 0.900. The first-order valence-electron chi connectivity index (χ1n) is 9.87. The van der Waals surface area contributed by atoms with Crippen molar-refractivity contribution >= 4 is 17.4 Å². The molecule has 1 amide bonds. The van der Waals surface area contributed by atoms with E-state index in [1.54, 1.807) is 4.57 Å². The Morgan fingerprint density at radius 2 is 1.77 bits per heavy atom. The lowest BCUT2D eigenvalue weighted by Gasteiger charge is -2.11. The maximum absolute atomic E-state index is 13.1. The van der Waals surface area contributed by atoms with Crippen molar-refractivity contribution < 1.29 is 4.79 Å². The fraction of sp³-hybridized carbons (Fsp3) is 0.217. The number of anilines is 1. The van der Waals surface area contributed by atoms with Crippen molar-refractivity contribution in [2.75, 3.05) is 5.32 Å². The summed E-state index contributed by atoms with van der Waals surface area (Å²) in [4.78, 5) is 30.2. The first-order valence-corrected chi connectivity index (χ1v) is 9.87. The van der Waals surface area contributed by atoms with Gasteiger partial charge in [0.1, 0.15) is 0 Å². The van der Waals surface area contributed by atoms with Crippen LogP contribution in [0.15, 0.2) is 59.4 Å². The van der Waals surface area contributed by atoms with Crippen LogP contribution in [0.1, 0.15) is 23.7 Å². The number of carbonyl (C=O) groups excluding carboxylic acids is 1. The third-order valence-electron chi connectivity index (χ3n) is 5.30. The van der Waals surface area contributed by atoms with Gasteiger partial charge in [0.05, 0.1) is 6.42 Å². The molecular formula is C23H23N5O2. The predicted molar refractivity (Wildman–Crippen MR) is 117 cm³/mol. The highest BCUT2D eigenvalue weighted by Gasteiger charge is 2.19. The summed E-state index contributed by atoms with van der Waals surface area (Å²) in [5.74, 6) is 0.665. The molecule has 0 unspecified atom stereocenters. The quantitative estimate of drug-likeness (QED) is 0.557. The van der Waals surface area contributed by atoms with Crippen molar-refractivity contribution in [2.45, 2.75) is 26.7 Å². The average molecular weight is 401 g/mol. The van der Waals surface area contributed by atoms with Crippen LogP contribution in [0.5, 0.6) is 0 Å². The lowest BCUT2D eigenvalue weighted by Crippen LogP contribution is -2.28. The molecule has 0 saturated heterocycles. The number of aryl methyl sites for hydroxylation is 2. The van der Waals surface area contributed by atoms with Crippen LogP contribution in [0, 0.1) is 6.92 Å². The fourth-order valence-electron chi connectivity index (χ4n) is 3.39. The van der Waals surface area contributed by atoms with E-state index in [1.165, 1.54) is 10.1 Å². The summed E-state index contributed by atoms with van der Waals surface area (Å²) in [7, 11) is 1.82. The van der Waals surface area contributed by atoms with Gasteiger partial charge in [-0.1, -0.05) is 49.4 Å². The number of hydrogen-bond donors (Lipinski definition) is 1. The molecule has 152 valence electrons. The summed E-state index contributed by atoms with van der Waals surface area (Å²) >= 11 is 0. The van der Waals surface area contributed by atoms with Gasteiger partial charge in [-0.05, 0) is 31.0 Å². The van der Waals surface area contributed by atoms with E-state index in [4.69, 9.17) is 0 Å². The van der Waals surface area contributed by atoms with Gasteiger partial charge >= 0.3 is 0 Å². The van der Waals surface area contributed by atoms with Gasteiger partial charge in [-0.3, -0.25) is 9.59 Å². The zero-order valence-corrected chi connectivity index (χ0v) is 17.2. The standard InChI is InChI=1S/C23H23N5O2/c1-4-16-10-12-18(13-11-16)24-20(29)14-19-15(2)27(3)23-25-21(26-28(23)22(19)30)17-8-6-5-7-9-17/h5-13H,4,14H2,1-3H3,(H,24,29). The summed E-state index contributed by atoms with van der Waals surface area (Å²) in [6, 6.07) is 17.2. The van der Waals surface area contributed by atoms with Gasteiger partial charge in [-0.25, -0.2) is 0 Å². The average Bonchev–Trinajstić information content (AvgIpc) is 3.22. The molecule has 4 rings (SSSR count). The van der Waals surface area contributed by atoms with E-state index in [0.29, 0.717) is 28.5 Å². The SMILES string of the molecule is CCc1ccc(NC(=O)Cc2c(C)n(C)c3nc(-c4ccccc4)nn3c2=O)cc1. The van der Waals surface area contributed by atoms with Crippen LogP contribution < -0.4 is 10.9 Å². The highest BCUT2D eigenvalue weighted by molar-refractivity contribution is 5.92. The van der Waals surface area contributed by atoms with E-state index in [0.717, 1.165) is 12.0 Å². The van der Waals surface area contributed by atoms with Crippen LogP contribution in [-0.2, 0) is 24.7 Å². The molecule has 2 aromatic carbocycles. The van der Waals surface area contributed by atoms with E-state index in [-0.39, 0.29) is 17.9 Å². The molecule has 0 radical (unpaired) electrons. The molecular weight excluding hydrogens is 378 g/mol. The molecule has 0 saturated carbocycles. The first-order chi connectivity index (χ1) is 14.5. The molecule has 7 nitrogen and oxygen atoms in total. The molecule has 30 heavy (non-hydrogen) atoms. The number of benzene rings is 2. The molecule has 0 fully saturated rings. The Balaban J connectivity index is 1.66. The van der Waals surface area contributed by atoms with Crippen LogP contribution in [-0.4, -0.2) is 25.1 Å². The van der Waals surface area contributed by atoms with Crippen molar-refractivity contribution in [2.24, 2.45) is 7.05 Å². The van der Waals surface area contributed by atoms with Crippen LogP contribution in [0.2, 0.25) is 0 Å². The Hall–Kier alpha value is -3.74. The molecule has 7 heteroatoms. The minimum absolute atomic E-state index is 0.0372. The van der Waals surface area contributed by atoms with Crippen molar-refractivity contribution in [1.82, 2.24) is 19.2 Å². The molecule has 0 atom stereocenters.